The van der Waals surface area contributed by atoms with Gasteiger partial charge >= 0.3 is 0 Å². The third kappa shape index (κ3) is 6.41. The van der Waals surface area contributed by atoms with E-state index in [1.807, 2.05) is 6.20 Å². The Balaban J connectivity index is 0.00000261. The summed E-state index contributed by atoms with van der Waals surface area (Å²) in [6.45, 7) is 4.85. The number of hydrogen-bond donors (Lipinski definition) is 2. The van der Waals surface area contributed by atoms with Gasteiger partial charge in [0.25, 0.3) is 0 Å². The normalized spacial score (nSPS) is 14.2. The van der Waals surface area contributed by atoms with Crippen LogP contribution in [0.3, 0.4) is 0 Å². The van der Waals surface area contributed by atoms with Crippen molar-refractivity contribution in [2.75, 3.05) is 20.1 Å². The van der Waals surface area contributed by atoms with E-state index < -0.39 is 0 Å². The van der Waals surface area contributed by atoms with Crippen molar-refractivity contribution < 1.29 is 0 Å². The maximum atomic E-state index is 4.45. The van der Waals surface area contributed by atoms with E-state index in [0.717, 1.165) is 62.9 Å². The van der Waals surface area contributed by atoms with Crippen LogP contribution in [0, 0.1) is 0 Å². The Morgan fingerprint density at radius 1 is 1.19 bits per heavy atom. The van der Waals surface area contributed by atoms with E-state index in [-0.39, 0.29) is 24.0 Å². The molecule has 0 atom stereocenters. The maximum Gasteiger partial charge on any atom is 0.191 e. The molecule has 0 aliphatic carbocycles. The first-order valence-electron chi connectivity index (χ1n) is 9.59. The van der Waals surface area contributed by atoms with Gasteiger partial charge in [-0.3, -0.25) is 4.99 Å². The quantitative estimate of drug-likeness (QED) is 0.345. The van der Waals surface area contributed by atoms with Crippen molar-refractivity contribution in [2.45, 2.75) is 58.4 Å². The maximum absolute atomic E-state index is 4.45. The van der Waals surface area contributed by atoms with E-state index in [0.29, 0.717) is 0 Å². The van der Waals surface area contributed by atoms with E-state index in [2.05, 4.69) is 42.3 Å². The van der Waals surface area contributed by atoms with Crippen LogP contribution in [-0.4, -0.2) is 45.8 Å². The molecule has 0 amide bonds. The Bertz CT molecular complexity index is 725. The molecule has 3 rings (SSSR count). The average molecular weight is 503 g/mol. The zero-order valence-electron chi connectivity index (χ0n) is 16.2. The van der Waals surface area contributed by atoms with Crippen molar-refractivity contribution >= 4 is 41.3 Å². The summed E-state index contributed by atoms with van der Waals surface area (Å²) in [7, 11) is 1.80. The Morgan fingerprint density at radius 2 is 2.00 bits per heavy atom. The molecular formula is C18H30IN7S. The van der Waals surface area contributed by atoms with Crippen LogP contribution in [0.4, 0.5) is 0 Å². The molecule has 0 spiro atoms. The van der Waals surface area contributed by atoms with E-state index in [1.165, 1.54) is 29.1 Å². The minimum absolute atomic E-state index is 0. The van der Waals surface area contributed by atoms with Gasteiger partial charge in [-0.2, -0.15) is 0 Å². The van der Waals surface area contributed by atoms with E-state index in [9.17, 15) is 0 Å². The number of halogens is 1. The third-order valence-corrected chi connectivity index (χ3v) is 5.83. The summed E-state index contributed by atoms with van der Waals surface area (Å²) in [5, 5.41) is 16.7. The molecule has 2 aromatic heterocycles. The van der Waals surface area contributed by atoms with Gasteiger partial charge in [0.2, 0.25) is 0 Å². The zero-order valence-corrected chi connectivity index (χ0v) is 19.3. The van der Waals surface area contributed by atoms with Gasteiger partial charge in [-0.1, -0.05) is 13.3 Å². The fourth-order valence-electron chi connectivity index (χ4n) is 3.16. The minimum Gasteiger partial charge on any atom is -0.356 e. The summed E-state index contributed by atoms with van der Waals surface area (Å²) in [6.07, 6.45) is 9.62. The van der Waals surface area contributed by atoms with Crippen molar-refractivity contribution in [3.05, 3.63) is 27.7 Å². The van der Waals surface area contributed by atoms with Crippen LogP contribution in [0.2, 0.25) is 0 Å². The minimum atomic E-state index is 0. The SMILES string of the molecule is CCc1cnc(CCNC(=NC)NCCc2nnc3n2CCCCC3)s1.I. The molecule has 27 heavy (non-hydrogen) atoms. The fourth-order valence-corrected chi connectivity index (χ4v) is 4.02. The molecule has 0 saturated heterocycles. The topological polar surface area (TPSA) is 80.0 Å². The molecule has 0 unspecified atom stereocenters. The highest BCUT2D eigenvalue weighted by Gasteiger charge is 2.14. The number of guanidine groups is 1. The second-order valence-electron chi connectivity index (χ2n) is 6.49. The molecule has 2 N–H and O–H groups in total. The van der Waals surface area contributed by atoms with Crippen LogP contribution in [0.25, 0.3) is 0 Å². The third-order valence-electron chi connectivity index (χ3n) is 4.63. The van der Waals surface area contributed by atoms with Crippen molar-refractivity contribution in [2.24, 2.45) is 4.99 Å². The number of nitrogens with zero attached hydrogens (tertiary/aromatic N) is 5. The number of aromatic nitrogens is 4. The summed E-state index contributed by atoms with van der Waals surface area (Å²) in [6, 6.07) is 0. The summed E-state index contributed by atoms with van der Waals surface area (Å²) < 4.78 is 2.30. The van der Waals surface area contributed by atoms with Gasteiger partial charge in [0.15, 0.2) is 5.96 Å². The van der Waals surface area contributed by atoms with Gasteiger partial charge in [-0.25, -0.2) is 4.98 Å². The number of aliphatic imine (C=N–C) groups is 1. The molecule has 0 bridgehead atoms. The van der Waals surface area contributed by atoms with Crippen molar-refractivity contribution in [1.82, 2.24) is 30.4 Å². The molecule has 0 aromatic carbocycles. The number of fused-ring (bicyclic) bond motifs is 1. The molecular weight excluding hydrogens is 473 g/mol. The highest BCUT2D eigenvalue weighted by Crippen LogP contribution is 2.15. The fraction of sp³-hybridized carbons (Fsp3) is 0.667. The van der Waals surface area contributed by atoms with Gasteiger partial charge < -0.3 is 15.2 Å². The van der Waals surface area contributed by atoms with Gasteiger partial charge in [0.05, 0.1) is 5.01 Å². The van der Waals surface area contributed by atoms with Crippen molar-refractivity contribution in [3.63, 3.8) is 0 Å². The van der Waals surface area contributed by atoms with Gasteiger partial charge in [-0.05, 0) is 19.3 Å². The smallest absolute Gasteiger partial charge is 0.191 e. The van der Waals surface area contributed by atoms with Gasteiger partial charge in [0, 0.05) is 57.0 Å². The predicted molar refractivity (Wildman–Crippen MR) is 121 cm³/mol. The molecule has 0 radical (unpaired) electrons. The lowest BCUT2D eigenvalue weighted by Gasteiger charge is -2.12. The standard InChI is InChI=1S/C18H29N7S.HI/c1-3-14-13-22-17(26-14)9-11-21-18(19-2)20-10-8-16-24-23-15-7-5-4-6-12-25(15)16;/h13H,3-12H2,1-2H3,(H2,19,20,21);1H. The Labute approximate surface area is 182 Å². The second kappa shape index (κ2) is 11.6. The molecule has 7 nitrogen and oxygen atoms in total. The molecule has 1 aliphatic rings. The van der Waals surface area contributed by atoms with Crippen LogP contribution in [-0.2, 0) is 32.2 Å². The zero-order chi connectivity index (χ0) is 18.2. The lowest BCUT2D eigenvalue weighted by Crippen LogP contribution is -2.39. The Kier molecular flexibility index (Phi) is 9.46. The Hall–Kier alpha value is -1.23. The first-order valence-corrected chi connectivity index (χ1v) is 10.4. The second-order valence-corrected chi connectivity index (χ2v) is 7.69. The van der Waals surface area contributed by atoms with Gasteiger partial charge in [0.1, 0.15) is 11.6 Å². The van der Waals surface area contributed by atoms with Crippen LogP contribution >= 0.6 is 35.3 Å². The number of rotatable bonds is 7. The lowest BCUT2D eigenvalue weighted by atomic mass is 10.2. The molecule has 2 aromatic rings. The first kappa shape index (κ1) is 22.1. The van der Waals surface area contributed by atoms with Crippen LogP contribution < -0.4 is 10.6 Å². The van der Waals surface area contributed by atoms with Crippen molar-refractivity contribution in [3.8, 4) is 0 Å². The molecule has 3 heterocycles. The number of thiazole rings is 1. The Morgan fingerprint density at radius 3 is 2.74 bits per heavy atom. The number of nitrogens with one attached hydrogen (secondary N) is 2. The lowest BCUT2D eigenvalue weighted by molar-refractivity contribution is 0.600. The van der Waals surface area contributed by atoms with Crippen LogP contribution in [0.5, 0.6) is 0 Å². The van der Waals surface area contributed by atoms with E-state index in [4.69, 9.17) is 0 Å². The first-order chi connectivity index (χ1) is 12.8. The number of aryl methyl sites for hydroxylation is 2. The van der Waals surface area contributed by atoms with E-state index in [1.54, 1.807) is 18.4 Å². The average Bonchev–Trinajstić information content (AvgIpc) is 3.20. The van der Waals surface area contributed by atoms with Crippen LogP contribution in [0.15, 0.2) is 11.2 Å². The summed E-state index contributed by atoms with van der Waals surface area (Å²) in [5.41, 5.74) is 0. The predicted octanol–water partition coefficient (Wildman–Crippen LogP) is 2.59. The van der Waals surface area contributed by atoms with Crippen molar-refractivity contribution in [1.29, 1.82) is 0 Å². The highest BCUT2D eigenvalue weighted by molar-refractivity contribution is 14.0. The molecule has 150 valence electrons. The number of hydrogen-bond acceptors (Lipinski definition) is 5. The summed E-state index contributed by atoms with van der Waals surface area (Å²) in [5.74, 6) is 3.06. The molecule has 0 saturated carbocycles. The molecule has 1 aliphatic heterocycles. The van der Waals surface area contributed by atoms with Gasteiger partial charge in [-0.15, -0.1) is 45.5 Å². The molecule has 0 fully saturated rings. The summed E-state index contributed by atoms with van der Waals surface area (Å²) in [4.78, 5) is 10.1. The largest absolute Gasteiger partial charge is 0.356 e. The summed E-state index contributed by atoms with van der Waals surface area (Å²) >= 11 is 1.79. The van der Waals surface area contributed by atoms with Crippen LogP contribution in [0.1, 0.15) is 47.7 Å². The van der Waals surface area contributed by atoms with E-state index >= 15 is 0 Å². The molecule has 9 heteroatoms. The highest BCUT2D eigenvalue weighted by atomic mass is 127. The monoisotopic (exact) mass is 503 g/mol.